The number of rotatable bonds is 6. The molecule has 1 aromatic rings. The summed E-state index contributed by atoms with van der Waals surface area (Å²) < 4.78 is 24.8. The maximum atomic E-state index is 12.4. The lowest BCUT2D eigenvalue weighted by Crippen LogP contribution is -2.21. The summed E-state index contributed by atoms with van der Waals surface area (Å²) in [5, 5.41) is -0.222. The van der Waals surface area contributed by atoms with Gasteiger partial charge in [-0.3, -0.25) is 0 Å². The number of hydrogen-bond acceptors (Lipinski definition) is 2. The molecule has 0 aliphatic heterocycles. The van der Waals surface area contributed by atoms with Crippen molar-refractivity contribution >= 4 is 9.84 Å². The van der Waals surface area contributed by atoms with Crippen LogP contribution in [-0.4, -0.2) is 13.7 Å². The molecule has 0 saturated carbocycles. The first kappa shape index (κ1) is 14.2. The number of benzene rings is 1. The smallest absolute Gasteiger partial charge is 0.181 e. The zero-order valence-corrected chi connectivity index (χ0v) is 11.8. The van der Waals surface area contributed by atoms with Crippen LogP contribution in [0.15, 0.2) is 29.2 Å². The minimum absolute atomic E-state index is 0.222. The van der Waals surface area contributed by atoms with Gasteiger partial charge in [-0.25, -0.2) is 8.42 Å². The molecular formula is C14H22O2S. The van der Waals surface area contributed by atoms with E-state index in [1.807, 2.05) is 32.9 Å². The summed E-state index contributed by atoms with van der Waals surface area (Å²) in [6, 6.07) is 7.18. The Kier molecular flexibility index (Phi) is 5.19. The van der Waals surface area contributed by atoms with Crippen molar-refractivity contribution in [2.45, 2.75) is 56.6 Å². The summed E-state index contributed by atoms with van der Waals surface area (Å²) in [6.45, 7) is 6.03. The van der Waals surface area contributed by atoms with E-state index < -0.39 is 9.84 Å². The third-order valence-corrected chi connectivity index (χ3v) is 5.29. The minimum atomic E-state index is -3.14. The van der Waals surface area contributed by atoms with E-state index in [1.54, 1.807) is 12.1 Å². The molecule has 1 aromatic carbocycles. The quantitative estimate of drug-likeness (QED) is 0.775. The molecule has 0 spiro atoms. The van der Waals surface area contributed by atoms with Crippen LogP contribution in [-0.2, 0) is 9.84 Å². The highest BCUT2D eigenvalue weighted by molar-refractivity contribution is 7.92. The number of sulfone groups is 1. The van der Waals surface area contributed by atoms with Gasteiger partial charge in [-0.05, 0) is 31.9 Å². The average molecular weight is 254 g/mol. The van der Waals surface area contributed by atoms with Crippen molar-refractivity contribution < 1.29 is 8.42 Å². The molecule has 0 fully saturated rings. The Labute approximate surface area is 105 Å². The highest BCUT2D eigenvalue weighted by Gasteiger charge is 2.25. The molecule has 0 aliphatic carbocycles. The molecule has 0 N–H and O–H groups in total. The van der Waals surface area contributed by atoms with E-state index in [1.165, 1.54) is 0 Å². The summed E-state index contributed by atoms with van der Waals surface area (Å²) in [5.41, 5.74) is 1.09. The van der Waals surface area contributed by atoms with E-state index in [-0.39, 0.29) is 5.25 Å². The molecule has 0 unspecified atom stereocenters. The second kappa shape index (κ2) is 6.20. The van der Waals surface area contributed by atoms with Gasteiger partial charge < -0.3 is 0 Å². The average Bonchev–Trinajstić information content (AvgIpc) is 2.29. The molecule has 0 atom stereocenters. The number of aryl methyl sites for hydroxylation is 1. The SMILES string of the molecule is CCCC(CCC)S(=O)(=O)c1ccc(C)cc1. The van der Waals surface area contributed by atoms with Crippen LogP contribution in [0.4, 0.5) is 0 Å². The maximum Gasteiger partial charge on any atom is 0.181 e. The van der Waals surface area contributed by atoms with Crippen molar-refractivity contribution in [3.05, 3.63) is 29.8 Å². The van der Waals surface area contributed by atoms with E-state index in [4.69, 9.17) is 0 Å². The first-order chi connectivity index (χ1) is 8.02. The van der Waals surface area contributed by atoms with Crippen molar-refractivity contribution in [2.24, 2.45) is 0 Å². The third-order valence-electron chi connectivity index (χ3n) is 3.01. The normalized spacial score (nSPS) is 12.0. The molecule has 0 aliphatic rings. The van der Waals surface area contributed by atoms with Crippen LogP contribution in [0.2, 0.25) is 0 Å². The van der Waals surface area contributed by atoms with Crippen LogP contribution < -0.4 is 0 Å². The molecule has 0 radical (unpaired) electrons. The van der Waals surface area contributed by atoms with Crippen LogP contribution in [0.1, 0.15) is 45.1 Å². The Hall–Kier alpha value is -0.830. The lowest BCUT2D eigenvalue weighted by atomic mass is 10.2. The summed E-state index contributed by atoms with van der Waals surface area (Å²) in [6.07, 6.45) is 3.33. The molecule has 2 nitrogen and oxygen atoms in total. The van der Waals surface area contributed by atoms with Gasteiger partial charge >= 0.3 is 0 Å². The summed E-state index contributed by atoms with van der Waals surface area (Å²) in [4.78, 5) is 0.468. The lowest BCUT2D eigenvalue weighted by Gasteiger charge is -2.16. The van der Waals surface area contributed by atoms with Gasteiger partial charge in [-0.15, -0.1) is 0 Å². The predicted octanol–water partition coefficient (Wildman–Crippen LogP) is 3.74. The highest BCUT2D eigenvalue weighted by Crippen LogP contribution is 2.23. The Morgan fingerprint density at radius 3 is 1.88 bits per heavy atom. The Balaban J connectivity index is 3.02. The number of hydrogen-bond donors (Lipinski definition) is 0. The predicted molar refractivity (Wildman–Crippen MR) is 72.0 cm³/mol. The van der Waals surface area contributed by atoms with Crippen molar-refractivity contribution in [3.8, 4) is 0 Å². The largest absolute Gasteiger partial charge is 0.223 e. The fourth-order valence-corrected chi connectivity index (χ4v) is 4.01. The van der Waals surface area contributed by atoms with Gasteiger partial charge in [0.25, 0.3) is 0 Å². The Bertz CT molecular complexity index is 426. The fourth-order valence-electron chi connectivity index (χ4n) is 2.02. The van der Waals surface area contributed by atoms with Crippen molar-refractivity contribution in [3.63, 3.8) is 0 Å². The maximum absolute atomic E-state index is 12.4. The van der Waals surface area contributed by atoms with E-state index in [0.717, 1.165) is 31.2 Å². The van der Waals surface area contributed by atoms with E-state index in [0.29, 0.717) is 4.90 Å². The van der Waals surface area contributed by atoms with Crippen LogP contribution in [0.5, 0.6) is 0 Å². The zero-order chi connectivity index (χ0) is 12.9. The van der Waals surface area contributed by atoms with Gasteiger partial charge in [0.05, 0.1) is 10.1 Å². The second-order valence-corrected chi connectivity index (χ2v) is 6.79. The van der Waals surface area contributed by atoms with Gasteiger partial charge in [0.2, 0.25) is 0 Å². The molecule has 0 heterocycles. The van der Waals surface area contributed by atoms with Crippen molar-refractivity contribution in [2.75, 3.05) is 0 Å². The van der Waals surface area contributed by atoms with Gasteiger partial charge in [0, 0.05) is 0 Å². The topological polar surface area (TPSA) is 34.1 Å². The standard InChI is InChI=1S/C14H22O2S/c1-4-6-13(7-5-2)17(15,16)14-10-8-12(3)9-11-14/h8-11,13H,4-7H2,1-3H3. The van der Waals surface area contributed by atoms with Crippen molar-refractivity contribution in [1.29, 1.82) is 0 Å². The monoisotopic (exact) mass is 254 g/mol. The van der Waals surface area contributed by atoms with Crippen LogP contribution >= 0.6 is 0 Å². The first-order valence-electron chi connectivity index (χ1n) is 6.33. The Morgan fingerprint density at radius 1 is 1.00 bits per heavy atom. The molecule has 17 heavy (non-hydrogen) atoms. The molecule has 96 valence electrons. The summed E-state index contributed by atoms with van der Waals surface area (Å²) in [5.74, 6) is 0. The van der Waals surface area contributed by atoms with Crippen LogP contribution in [0.25, 0.3) is 0 Å². The van der Waals surface area contributed by atoms with Crippen LogP contribution in [0.3, 0.4) is 0 Å². The highest BCUT2D eigenvalue weighted by atomic mass is 32.2. The first-order valence-corrected chi connectivity index (χ1v) is 7.87. The molecule has 0 amide bonds. The third kappa shape index (κ3) is 3.56. The molecule has 0 saturated heterocycles. The fraction of sp³-hybridized carbons (Fsp3) is 0.571. The second-order valence-electron chi connectivity index (χ2n) is 4.56. The van der Waals surface area contributed by atoms with Gasteiger partial charge in [0.1, 0.15) is 0 Å². The molecule has 0 bridgehead atoms. The van der Waals surface area contributed by atoms with Crippen molar-refractivity contribution in [1.82, 2.24) is 0 Å². The zero-order valence-electron chi connectivity index (χ0n) is 10.9. The van der Waals surface area contributed by atoms with E-state index in [2.05, 4.69) is 0 Å². The molecule has 1 rings (SSSR count). The van der Waals surface area contributed by atoms with Gasteiger partial charge in [-0.1, -0.05) is 44.4 Å². The molecule has 3 heteroatoms. The van der Waals surface area contributed by atoms with E-state index in [9.17, 15) is 8.42 Å². The summed E-state index contributed by atoms with van der Waals surface area (Å²) >= 11 is 0. The molecular weight excluding hydrogens is 232 g/mol. The van der Waals surface area contributed by atoms with Gasteiger partial charge in [-0.2, -0.15) is 0 Å². The van der Waals surface area contributed by atoms with Crippen LogP contribution in [0, 0.1) is 6.92 Å². The minimum Gasteiger partial charge on any atom is -0.223 e. The molecule has 0 aromatic heterocycles. The van der Waals surface area contributed by atoms with E-state index >= 15 is 0 Å². The van der Waals surface area contributed by atoms with Gasteiger partial charge in [0.15, 0.2) is 9.84 Å². The Morgan fingerprint density at radius 2 is 1.47 bits per heavy atom. The lowest BCUT2D eigenvalue weighted by molar-refractivity contribution is 0.555. The summed E-state index contributed by atoms with van der Waals surface area (Å²) in [7, 11) is -3.14.